The summed E-state index contributed by atoms with van der Waals surface area (Å²) in [6.07, 6.45) is 0. The molecular formula is C19H15N3OS. The predicted molar refractivity (Wildman–Crippen MR) is 97.6 cm³/mol. The Kier molecular flexibility index (Phi) is 3.70. The zero-order valence-corrected chi connectivity index (χ0v) is 13.6. The van der Waals surface area contributed by atoms with Crippen molar-refractivity contribution >= 4 is 34.3 Å². The van der Waals surface area contributed by atoms with Crippen LogP contribution in [0, 0.1) is 0 Å². The van der Waals surface area contributed by atoms with Gasteiger partial charge in [0.15, 0.2) is 0 Å². The number of rotatable bonds is 2. The van der Waals surface area contributed by atoms with E-state index in [0.717, 1.165) is 27.6 Å². The fourth-order valence-corrected chi connectivity index (χ4v) is 3.59. The fourth-order valence-electron chi connectivity index (χ4n) is 2.70. The Hall–Kier alpha value is -2.79. The minimum atomic E-state index is -0.226. The van der Waals surface area contributed by atoms with Gasteiger partial charge in [-0.05, 0) is 47.3 Å². The van der Waals surface area contributed by atoms with Gasteiger partial charge in [-0.2, -0.15) is 0 Å². The second-order valence-electron chi connectivity index (χ2n) is 5.55. The Balaban J connectivity index is 1.72. The lowest BCUT2D eigenvalue weighted by Gasteiger charge is -2.07. The molecule has 0 saturated carbocycles. The molecule has 118 valence electrons. The van der Waals surface area contributed by atoms with E-state index in [0.29, 0.717) is 5.03 Å². The molecule has 1 aliphatic rings. The summed E-state index contributed by atoms with van der Waals surface area (Å²) in [6.45, 7) is 3.81. The molecule has 4 nitrogen and oxygen atoms in total. The van der Waals surface area contributed by atoms with Crippen LogP contribution in [0.1, 0.15) is 10.8 Å². The molecule has 0 bridgehead atoms. The summed E-state index contributed by atoms with van der Waals surface area (Å²) < 4.78 is 0. The summed E-state index contributed by atoms with van der Waals surface area (Å²) in [4.78, 5) is 19.9. The Morgan fingerprint density at radius 1 is 1.04 bits per heavy atom. The quantitative estimate of drug-likeness (QED) is 0.750. The predicted octanol–water partition coefficient (Wildman–Crippen LogP) is 3.78. The van der Waals surface area contributed by atoms with Gasteiger partial charge in [-0.1, -0.05) is 42.6 Å². The average molecular weight is 333 g/mol. The summed E-state index contributed by atoms with van der Waals surface area (Å²) in [7, 11) is 0. The van der Waals surface area contributed by atoms with Crippen molar-refractivity contribution in [3.8, 4) is 0 Å². The van der Waals surface area contributed by atoms with E-state index >= 15 is 0 Å². The van der Waals surface area contributed by atoms with Crippen molar-refractivity contribution in [1.29, 1.82) is 0 Å². The molecule has 2 N–H and O–H groups in total. The van der Waals surface area contributed by atoms with Crippen LogP contribution in [0.2, 0.25) is 0 Å². The van der Waals surface area contributed by atoms with Crippen LogP contribution in [-0.4, -0.2) is 10.9 Å². The van der Waals surface area contributed by atoms with Crippen LogP contribution in [0.5, 0.6) is 0 Å². The van der Waals surface area contributed by atoms with Gasteiger partial charge >= 0.3 is 0 Å². The monoisotopic (exact) mass is 333 g/mol. The van der Waals surface area contributed by atoms with Crippen LogP contribution >= 0.6 is 11.8 Å². The molecule has 0 spiro atoms. The van der Waals surface area contributed by atoms with E-state index in [1.807, 2.05) is 60.7 Å². The highest BCUT2D eigenvalue weighted by Gasteiger charge is 2.29. The molecule has 1 fully saturated rings. The Bertz CT molecular complexity index is 1010. The number of nitrogens with zero attached hydrogens (tertiary/aromatic N) is 1. The lowest BCUT2D eigenvalue weighted by atomic mass is 10.1. The molecule has 0 radical (unpaired) electrons. The van der Waals surface area contributed by atoms with Crippen LogP contribution in [0.15, 0.2) is 77.3 Å². The van der Waals surface area contributed by atoms with E-state index in [1.165, 1.54) is 11.8 Å². The highest BCUT2D eigenvalue weighted by Crippen LogP contribution is 2.38. The van der Waals surface area contributed by atoms with Crippen LogP contribution < -0.4 is 10.8 Å². The molecule has 1 aromatic heterocycles. The summed E-state index contributed by atoms with van der Waals surface area (Å²) in [6, 6.07) is 19.8. The lowest BCUT2D eigenvalue weighted by Crippen LogP contribution is -2.16. The fraction of sp³-hybridized carbons (Fsp3) is 0.0526. The summed E-state index contributed by atoms with van der Waals surface area (Å²) in [5.74, 6) is -0.0102. The van der Waals surface area contributed by atoms with Crippen molar-refractivity contribution in [1.82, 2.24) is 10.3 Å². The molecular weight excluding hydrogens is 318 g/mol. The number of nitrogens with one attached hydrogen (secondary N) is 2. The molecule has 3 aromatic rings. The summed E-state index contributed by atoms with van der Waals surface area (Å²) in [5.41, 5.74) is 3.66. The number of aromatic nitrogens is 1. The minimum Gasteiger partial charge on any atom is -0.340 e. The maximum absolute atomic E-state index is 12.0. The van der Waals surface area contributed by atoms with Crippen molar-refractivity contribution < 1.29 is 4.79 Å². The second kappa shape index (κ2) is 6.02. The van der Waals surface area contributed by atoms with E-state index in [4.69, 9.17) is 0 Å². The standard InChI is InChI=1S/C19H15N3OS/c1-12-20-19(23)18(24-12)14-7-9-16-13(11-14)8-10-17(22-16)21-15-5-3-2-4-6-15/h2-11,18H,1H2,(H,20,23)(H,21,22). The Morgan fingerprint density at radius 3 is 2.62 bits per heavy atom. The van der Waals surface area contributed by atoms with Crippen LogP contribution in [0.3, 0.4) is 0 Å². The van der Waals surface area contributed by atoms with Crippen molar-refractivity contribution in [2.24, 2.45) is 4.99 Å². The van der Waals surface area contributed by atoms with Gasteiger partial charge in [-0.15, -0.1) is 0 Å². The molecule has 1 atom stereocenters. The maximum Gasteiger partial charge on any atom is 0.242 e. The molecule has 1 amide bonds. The third-order valence-electron chi connectivity index (χ3n) is 3.83. The van der Waals surface area contributed by atoms with Crippen molar-refractivity contribution in [3.05, 3.63) is 83.3 Å². The number of pyridine rings is 1. The smallest absolute Gasteiger partial charge is 0.242 e. The average Bonchev–Trinajstić information content (AvgIpc) is 2.94. The number of hydrogen-bond donors (Lipinski definition) is 2. The molecule has 5 heteroatoms. The molecule has 2 aromatic carbocycles. The number of hydrogen-bond acceptors (Lipinski definition) is 3. The Morgan fingerprint density at radius 2 is 1.88 bits per heavy atom. The normalized spacial score (nSPS) is 18.2. The van der Waals surface area contributed by atoms with E-state index in [1.54, 1.807) is 0 Å². The molecule has 1 aliphatic heterocycles. The number of fused-ring (bicyclic) bond motifs is 1. The molecule has 1 saturated heterocycles. The SMILES string of the molecule is C=C1NC(=O)C(c2ccc3[nH]c(=Nc4ccccc4)ccc3c2)S1. The van der Waals surface area contributed by atoms with E-state index in [-0.39, 0.29) is 11.2 Å². The number of carbonyl (C=O) groups excluding carboxylic acids is 1. The molecule has 2 heterocycles. The van der Waals surface area contributed by atoms with Gasteiger partial charge < -0.3 is 10.3 Å². The highest BCUT2D eigenvalue weighted by molar-refractivity contribution is 8.04. The highest BCUT2D eigenvalue weighted by atomic mass is 32.2. The van der Waals surface area contributed by atoms with Crippen LogP contribution in [0.4, 0.5) is 5.69 Å². The number of thioether (sulfide) groups is 1. The first kappa shape index (κ1) is 14.8. The van der Waals surface area contributed by atoms with E-state index < -0.39 is 0 Å². The summed E-state index contributed by atoms with van der Waals surface area (Å²) in [5, 5.41) is 4.28. The van der Waals surface area contributed by atoms with Gasteiger partial charge in [-0.3, -0.25) is 4.79 Å². The zero-order valence-electron chi connectivity index (χ0n) is 12.8. The van der Waals surface area contributed by atoms with Gasteiger partial charge in [0, 0.05) is 5.52 Å². The first-order chi connectivity index (χ1) is 11.7. The van der Waals surface area contributed by atoms with Crippen LogP contribution in [-0.2, 0) is 4.79 Å². The molecule has 4 rings (SSSR count). The van der Waals surface area contributed by atoms with Gasteiger partial charge in [0.25, 0.3) is 0 Å². The van der Waals surface area contributed by atoms with Crippen molar-refractivity contribution in [2.45, 2.75) is 5.25 Å². The number of carbonyl (C=O) groups is 1. The zero-order chi connectivity index (χ0) is 16.5. The number of amides is 1. The third kappa shape index (κ3) is 2.86. The molecule has 1 unspecified atom stereocenters. The first-order valence-electron chi connectivity index (χ1n) is 7.58. The summed E-state index contributed by atoms with van der Waals surface area (Å²) >= 11 is 1.46. The van der Waals surface area contributed by atoms with E-state index in [9.17, 15) is 4.79 Å². The van der Waals surface area contributed by atoms with Crippen molar-refractivity contribution in [3.63, 3.8) is 0 Å². The van der Waals surface area contributed by atoms with Crippen molar-refractivity contribution in [2.75, 3.05) is 0 Å². The van der Waals surface area contributed by atoms with Gasteiger partial charge in [-0.25, -0.2) is 4.99 Å². The van der Waals surface area contributed by atoms with Gasteiger partial charge in [0.1, 0.15) is 10.7 Å². The molecule has 24 heavy (non-hydrogen) atoms. The Labute approximate surface area is 143 Å². The number of aromatic amines is 1. The maximum atomic E-state index is 12.0. The third-order valence-corrected chi connectivity index (χ3v) is 4.94. The second-order valence-corrected chi connectivity index (χ2v) is 6.75. The van der Waals surface area contributed by atoms with Gasteiger partial charge in [0.05, 0.1) is 10.7 Å². The minimum absolute atomic E-state index is 0.0102. The molecule has 0 aliphatic carbocycles. The first-order valence-corrected chi connectivity index (χ1v) is 8.46. The number of benzene rings is 2. The largest absolute Gasteiger partial charge is 0.340 e. The van der Waals surface area contributed by atoms with Crippen LogP contribution in [0.25, 0.3) is 10.9 Å². The lowest BCUT2D eigenvalue weighted by molar-refractivity contribution is -0.119. The van der Waals surface area contributed by atoms with E-state index in [2.05, 4.69) is 21.9 Å². The number of para-hydroxylation sites is 1. The van der Waals surface area contributed by atoms with Gasteiger partial charge in [0.2, 0.25) is 5.91 Å². The number of H-pyrrole nitrogens is 1. The topological polar surface area (TPSA) is 57.2 Å².